The highest BCUT2D eigenvalue weighted by Crippen LogP contribution is 2.42. The Bertz CT molecular complexity index is 3810. The molecular weight excluding hydrogens is 993 g/mol. The number of para-hydroxylation sites is 4. The van der Waals surface area contributed by atoms with Gasteiger partial charge in [0.25, 0.3) is 23.6 Å². The number of fused-ring (bicyclic) bond motifs is 2. The number of hydrogen-bond donors (Lipinski definition) is 6. The molecule has 16 nitrogen and oxygen atoms in total. The summed E-state index contributed by atoms with van der Waals surface area (Å²) in [6.07, 6.45) is 0. The molecule has 4 amide bonds. The van der Waals surface area contributed by atoms with Gasteiger partial charge >= 0.3 is 0 Å². The minimum atomic E-state index is -4.10. The second-order valence-electron chi connectivity index (χ2n) is 17.3. The van der Waals surface area contributed by atoms with Gasteiger partial charge in [-0.25, -0.2) is 8.42 Å². The van der Waals surface area contributed by atoms with Crippen molar-refractivity contribution in [2.24, 2.45) is 20.5 Å². The van der Waals surface area contributed by atoms with Gasteiger partial charge in [-0.1, -0.05) is 84.9 Å². The van der Waals surface area contributed by atoms with Crippen LogP contribution in [0, 0.1) is 0 Å². The fourth-order valence-electron chi connectivity index (χ4n) is 8.21. The van der Waals surface area contributed by atoms with Crippen LogP contribution >= 0.6 is 0 Å². The Hall–Kier alpha value is -10.7. The maximum absolute atomic E-state index is 13.9. The lowest BCUT2D eigenvalue weighted by molar-refractivity contribution is 0.101. The van der Waals surface area contributed by atoms with Gasteiger partial charge in [-0.2, -0.15) is 10.2 Å². The van der Waals surface area contributed by atoms with E-state index < -0.39 is 45.0 Å². The van der Waals surface area contributed by atoms with Crippen molar-refractivity contribution in [1.82, 2.24) is 0 Å². The Balaban J connectivity index is 0.899. The molecule has 376 valence electrons. The summed E-state index contributed by atoms with van der Waals surface area (Å²) in [6.45, 7) is 0. The van der Waals surface area contributed by atoms with E-state index in [4.69, 9.17) is 0 Å². The van der Waals surface area contributed by atoms with Gasteiger partial charge in [-0.3, -0.25) is 19.2 Å². The number of rotatable bonds is 14. The minimum absolute atomic E-state index is 0.0629. The predicted molar refractivity (Wildman–Crippen MR) is 295 cm³/mol. The molecule has 10 aromatic rings. The first-order valence-electron chi connectivity index (χ1n) is 23.7. The molecule has 0 aliphatic heterocycles. The van der Waals surface area contributed by atoms with E-state index in [1.165, 1.54) is 60.7 Å². The molecule has 0 saturated heterocycles. The lowest BCUT2D eigenvalue weighted by Gasteiger charge is -2.12. The summed E-state index contributed by atoms with van der Waals surface area (Å²) < 4.78 is 27.8. The van der Waals surface area contributed by atoms with Gasteiger partial charge in [0.05, 0.1) is 32.3 Å². The summed E-state index contributed by atoms with van der Waals surface area (Å²) in [7, 11) is -4.10. The van der Waals surface area contributed by atoms with Crippen LogP contribution in [-0.2, 0) is 9.84 Å². The van der Waals surface area contributed by atoms with Crippen molar-refractivity contribution in [3.8, 4) is 11.5 Å². The lowest BCUT2D eigenvalue weighted by Crippen LogP contribution is -2.13. The predicted octanol–water partition coefficient (Wildman–Crippen LogP) is 14.1. The molecule has 0 fully saturated rings. The molecule has 0 unspecified atom stereocenters. The van der Waals surface area contributed by atoms with Crippen LogP contribution in [0.3, 0.4) is 0 Å². The molecule has 17 heteroatoms. The van der Waals surface area contributed by atoms with Crippen LogP contribution < -0.4 is 21.3 Å². The second kappa shape index (κ2) is 21.8. The normalized spacial score (nSPS) is 11.4. The number of carbonyl (C=O) groups is 4. The maximum atomic E-state index is 13.9. The summed E-state index contributed by atoms with van der Waals surface area (Å²) >= 11 is 0. The van der Waals surface area contributed by atoms with Gasteiger partial charge in [0, 0.05) is 44.6 Å². The van der Waals surface area contributed by atoms with E-state index in [1.807, 2.05) is 12.1 Å². The molecule has 10 aromatic carbocycles. The van der Waals surface area contributed by atoms with Crippen molar-refractivity contribution < 1.29 is 37.8 Å². The average molecular weight is 1040 g/mol. The number of amides is 4. The van der Waals surface area contributed by atoms with Gasteiger partial charge in [-0.05, 0) is 144 Å². The summed E-state index contributed by atoms with van der Waals surface area (Å²) in [6, 6.07) is 58.7. The van der Waals surface area contributed by atoms with E-state index in [2.05, 4.69) is 41.7 Å². The molecule has 77 heavy (non-hydrogen) atoms. The number of anilines is 4. The van der Waals surface area contributed by atoms with E-state index in [9.17, 15) is 37.8 Å². The zero-order valence-electron chi connectivity index (χ0n) is 40.3. The van der Waals surface area contributed by atoms with Gasteiger partial charge in [0.2, 0.25) is 9.84 Å². The third kappa shape index (κ3) is 11.2. The zero-order chi connectivity index (χ0) is 53.5. The SMILES string of the molecule is O=C(Nc1ccccc1)c1ccc2c(N=Nc3ccc(S(=O)(=O)c4ccc(N=Nc5c(O)c(C(=O)Nc6ccccc6)cc6cc(C(=O)Nc7ccccc7)ccc56)cc4)cc3)c(O)c(C(=O)Nc3ccccc3)cc2c1. The van der Waals surface area contributed by atoms with E-state index in [1.54, 1.807) is 146 Å². The molecule has 0 aliphatic rings. The van der Waals surface area contributed by atoms with E-state index in [-0.39, 0.29) is 54.8 Å². The van der Waals surface area contributed by atoms with Crippen LogP contribution in [0.5, 0.6) is 11.5 Å². The number of azo groups is 2. The van der Waals surface area contributed by atoms with Crippen LogP contribution in [0.25, 0.3) is 21.5 Å². The number of carbonyl (C=O) groups excluding carboxylic acids is 4. The average Bonchev–Trinajstić information content (AvgIpc) is 3.46. The third-order valence-electron chi connectivity index (χ3n) is 12.1. The largest absolute Gasteiger partial charge is 0.505 e. The topological polar surface area (TPSA) is 240 Å². The van der Waals surface area contributed by atoms with Crippen LogP contribution in [0.2, 0.25) is 0 Å². The summed E-state index contributed by atoms with van der Waals surface area (Å²) in [5.74, 6) is -3.01. The van der Waals surface area contributed by atoms with Gasteiger partial charge in [0.15, 0.2) is 11.5 Å². The molecule has 0 atom stereocenters. The van der Waals surface area contributed by atoms with Crippen molar-refractivity contribution in [3.05, 3.63) is 241 Å². The maximum Gasteiger partial charge on any atom is 0.259 e. The molecule has 0 aromatic heterocycles. The molecule has 0 bridgehead atoms. The Morgan fingerprint density at radius 1 is 0.351 bits per heavy atom. The van der Waals surface area contributed by atoms with Gasteiger partial charge in [0.1, 0.15) is 11.4 Å². The number of hydrogen-bond acceptors (Lipinski definition) is 12. The Morgan fingerprint density at radius 2 is 0.662 bits per heavy atom. The fraction of sp³-hybridized carbons (Fsp3) is 0. The first kappa shape index (κ1) is 49.9. The van der Waals surface area contributed by atoms with Gasteiger partial charge in [-0.15, -0.1) is 10.2 Å². The summed E-state index contributed by atoms with van der Waals surface area (Å²) in [5, 5.41) is 53.2. The smallest absolute Gasteiger partial charge is 0.259 e. The number of phenolic OH excluding ortho intramolecular Hbond substituents is 2. The Morgan fingerprint density at radius 3 is 0.987 bits per heavy atom. The standard InChI is InChI=1S/C60H42N8O8S/c69-55-51(59(73)63-43-17-9-3-10-18-43)35-39-33-37(57(71)61-41-13-5-1-6-14-41)21-31-49(39)53(55)67-65-45-23-27-47(28-24-45)77(75,76)48-29-25-46(26-30-48)66-68-54-50-32-22-38(58(72)62-42-15-7-2-8-16-42)34-40(50)36-52(56(54)70)60(74)64-44-19-11-4-12-20-44/h1-36,69-70H,(H,61,71)(H,62,72)(H,63,73)(H,64,74). The highest BCUT2D eigenvalue weighted by atomic mass is 32.2. The van der Waals surface area contributed by atoms with Crippen LogP contribution in [0.1, 0.15) is 41.4 Å². The highest BCUT2D eigenvalue weighted by Gasteiger charge is 2.23. The fourth-order valence-corrected chi connectivity index (χ4v) is 9.47. The van der Waals surface area contributed by atoms with E-state index in [0.29, 0.717) is 44.3 Å². The molecule has 0 saturated carbocycles. The number of benzene rings is 10. The van der Waals surface area contributed by atoms with E-state index in [0.717, 1.165) is 0 Å². The van der Waals surface area contributed by atoms with Crippen molar-refractivity contribution >= 4 is 101 Å². The molecular formula is C60H42N8O8S. The number of aromatic hydroxyl groups is 2. The third-order valence-corrected chi connectivity index (χ3v) is 13.9. The summed E-state index contributed by atoms with van der Waals surface area (Å²) in [5.41, 5.74) is 2.75. The molecule has 0 aliphatic carbocycles. The molecule has 0 heterocycles. The number of nitrogens with zero attached hydrogens (tertiary/aromatic N) is 4. The number of phenols is 2. The van der Waals surface area contributed by atoms with Crippen molar-refractivity contribution in [2.45, 2.75) is 9.79 Å². The molecule has 6 N–H and O–H groups in total. The quantitative estimate of drug-likeness (QED) is 0.0571. The molecule has 0 spiro atoms. The number of sulfone groups is 1. The van der Waals surface area contributed by atoms with Crippen molar-refractivity contribution in [2.75, 3.05) is 21.3 Å². The van der Waals surface area contributed by atoms with Crippen molar-refractivity contribution in [3.63, 3.8) is 0 Å². The lowest BCUT2D eigenvalue weighted by atomic mass is 10.0. The van der Waals surface area contributed by atoms with Crippen molar-refractivity contribution in [1.29, 1.82) is 0 Å². The minimum Gasteiger partial charge on any atom is -0.505 e. The summed E-state index contributed by atoms with van der Waals surface area (Å²) in [4.78, 5) is 53.6. The van der Waals surface area contributed by atoms with Gasteiger partial charge < -0.3 is 31.5 Å². The van der Waals surface area contributed by atoms with E-state index >= 15 is 0 Å². The molecule has 0 radical (unpaired) electrons. The Kier molecular flexibility index (Phi) is 14.1. The monoisotopic (exact) mass is 1030 g/mol. The molecule has 10 rings (SSSR count). The highest BCUT2D eigenvalue weighted by molar-refractivity contribution is 7.91. The van der Waals surface area contributed by atoms with Crippen LogP contribution in [-0.4, -0.2) is 42.3 Å². The second-order valence-corrected chi connectivity index (χ2v) is 19.2. The first-order valence-corrected chi connectivity index (χ1v) is 25.2. The zero-order valence-corrected chi connectivity index (χ0v) is 41.1. The van der Waals surface area contributed by atoms with Crippen LogP contribution in [0.4, 0.5) is 45.5 Å². The number of nitrogens with one attached hydrogen (secondary N) is 4. The Labute approximate surface area is 440 Å². The van der Waals surface area contributed by atoms with Crippen LogP contribution in [0.15, 0.2) is 249 Å². The first-order chi connectivity index (χ1) is 37.4.